The van der Waals surface area contributed by atoms with Crippen LogP contribution in [0.25, 0.3) is 11.3 Å². The quantitative estimate of drug-likeness (QED) is 0.677. The van der Waals surface area contributed by atoms with Gasteiger partial charge in [0.15, 0.2) is 0 Å². The van der Waals surface area contributed by atoms with Crippen molar-refractivity contribution in [3.63, 3.8) is 0 Å². The lowest BCUT2D eigenvalue weighted by Crippen LogP contribution is -2.50. The number of benzene rings is 2. The van der Waals surface area contributed by atoms with Crippen LogP contribution in [-0.4, -0.2) is 40.8 Å². The summed E-state index contributed by atoms with van der Waals surface area (Å²) in [6, 6.07) is 17.0. The van der Waals surface area contributed by atoms with Crippen molar-refractivity contribution in [3.8, 4) is 11.3 Å². The van der Waals surface area contributed by atoms with Crippen molar-refractivity contribution in [2.24, 2.45) is 0 Å². The van der Waals surface area contributed by atoms with E-state index in [1.165, 1.54) is 4.31 Å². The normalized spacial score (nSPS) is 16.1. The molecule has 0 unspecified atom stereocenters. The van der Waals surface area contributed by atoms with Crippen LogP contribution in [0.1, 0.15) is 32.4 Å². The molecule has 1 aliphatic heterocycles. The van der Waals surface area contributed by atoms with Gasteiger partial charge in [0, 0.05) is 18.7 Å². The van der Waals surface area contributed by atoms with E-state index >= 15 is 0 Å². The highest BCUT2D eigenvalue weighted by Crippen LogP contribution is 2.30. The molecule has 0 radical (unpaired) electrons. The third-order valence-electron chi connectivity index (χ3n) is 5.14. The third-order valence-corrected chi connectivity index (χ3v) is 6.99. The Hall–Kier alpha value is -2.51. The molecule has 7 heteroatoms. The van der Waals surface area contributed by atoms with Crippen molar-refractivity contribution in [2.45, 2.75) is 37.1 Å². The summed E-state index contributed by atoms with van der Waals surface area (Å²) in [6.45, 7) is 7.14. The van der Waals surface area contributed by atoms with Gasteiger partial charge in [0.25, 0.3) is 0 Å². The van der Waals surface area contributed by atoms with Crippen LogP contribution in [0.15, 0.2) is 65.7 Å². The van der Waals surface area contributed by atoms with Crippen molar-refractivity contribution < 1.29 is 8.42 Å². The minimum Gasteiger partial charge on any atom is -0.246 e. The Morgan fingerprint density at radius 2 is 1.61 bits per heavy atom. The van der Waals surface area contributed by atoms with E-state index < -0.39 is 10.0 Å². The Balaban J connectivity index is 1.45. The minimum absolute atomic E-state index is 0.00625. The van der Waals surface area contributed by atoms with Gasteiger partial charge in [-0.3, -0.25) is 0 Å². The van der Waals surface area contributed by atoms with Gasteiger partial charge in [-0.25, -0.2) is 13.1 Å². The van der Waals surface area contributed by atoms with E-state index in [1.807, 2.05) is 48.7 Å². The number of aromatic nitrogens is 3. The first kappa shape index (κ1) is 18.8. The number of sulfonamides is 1. The van der Waals surface area contributed by atoms with E-state index in [0.717, 1.165) is 16.8 Å². The first-order valence-corrected chi connectivity index (χ1v) is 10.8. The van der Waals surface area contributed by atoms with Gasteiger partial charge in [-0.1, -0.05) is 68.4 Å². The number of rotatable bonds is 4. The van der Waals surface area contributed by atoms with Gasteiger partial charge in [-0.15, -0.1) is 5.10 Å². The van der Waals surface area contributed by atoms with Crippen LogP contribution in [0, 0.1) is 0 Å². The molecule has 1 aliphatic rings. The average Bonchev–Trinajstić information content (AvgIpc) is 3.10. The summed E-state index contributed by atoms with van der Waals surface area (Å²) in [6.07, 6.45) is 1.88. The van der Waals surface area contributed by atoms with Crippen molar-refractivity contribution in [3.05, 3.63) is 66.4 Å². The molecule has 0 bridgehead atoms. The lowest BCUT2D eigenvalue weighted by molar-refractivity contribution is 0.189. The summed E-state index contributed by atoms with van der Waals surface area (Å²) in [7, 11) is -3.48. The van der Waals surface area contributed by atoms with E-state index in [-0.39, 0.29) is 11.5 Å². The summed E-state index contributed by atoms with van der Waals surface area (Å²) in [5.74, 6) is 0. The van der Waals surface area contributed by atoms with E-state index in [2.05, 4.69) is 31.1 Å². The maximum absolute atomic E-state index is 12.9. The Labute approximate surface area is 165 Å². The molecule has 146 valence electrons. The zero-order valence-corrected chi connectivity index (χ0v) is 17.1. The first-order valence-electron chi connectivity index (χ1n) is 9.33. The van der Waals surface area contributed by atoms with E-state index in [4.69, 9.17) is 0 Å². The molecule has 0 amide bonds. The second kappa shape index (κ2) is 6.83. The molecular formula is C21H24N4O2S. The van der Waals surface area contributed by atoms with Crippen LogP contribution >= 0.6 is 0 Å². The molecule has 3 aromatic rings. The maximum Gasteiger partial charge on any atom is 0.243 e. The summed E-state index contributed by atoms with van der Waals surface area (Å²) >= 11 is 0. The van der Waals surface area contributed by atoms with Crippen molar-refractivity contribution >= 4 is 10.0 Å². The van der Waals surface area contributed by atoms with Crippen LogP contribution in [0.2, 0.25) is 0 Å². The van der Waals surface area contributed by atoms with Crippen LogP contribution in [-0.2, 0) is 15.4 Å². The van der Waals surface area contributed by atoms with Crippen LogP contribution in [0.3, 0.4) is 0 Å². The molecule has 1 saturated heterocycles. The second-order valence-electron chi connectivity index (χ2n) is 8.20. The molecule has 1 aromatic heterocycles. The Bertz CT molecular complexity index is 1060. The van der Waals surface area contributed by atoms with Gasteiger partial charge in [0.1, 0.15) is 5.69 Å². The van der Waals surface area contributed by atoms with Crippen LogP contribution in [0.5, 0.6) is 0 Å². The van der Waals surface area contributed by atoms with Gasteiger partial charge in [0.2, 0.25) is 10.0 Å². The molecule has 2 aromatic carbocycles. The molecule has 4 rings (SSSR count). The molecule has 6 nitrogen and oxygen atoms in total. The van der Waals surface area contributed by atoms with Crippen molar-refractivity contribution in [1.82, 2.24) is 19.3 Å². The molecule has 0 atom stereocenters. The molecule has 28 heavy (non-hydrogen) atoms. The number of nitrogens with zero attached hydrogens (tertiary/aromatic N) is 4. The topological polar surface area (TPSA) is 68.1 Å². The fourth-order valence-electron chi connectivity index (χ4n) is 3.25. The standard InChI is InChI=1S/C21H24N4O2S/c1-21(2,3)17-9-11-19(12-10-17)28(26,27)24-13-18(14-24)25-15-20(22-23-25)16-7-5-4-6-8-16/h4-12,15,18H,13-14H2,1-3H3. The van der Waals surface area contributed by atoms with Gasteiger partial charge in [0.05, 0.1) is 17.1 Å². The van der Waals surface area contributed by atoms with Gasteiger partial charge >= 0.3 is 0 Å². The molecule has 0 N–H and O–H groups in total. The summed E-state index contributed by atoms with van der Waals surface area (Å²) in [5.41, 5.74) is 2.90. The zero-order chi connectivity index (χ0) is 19.9. The first-order chi connectivity index (χ1) is 13.2. The lowest BCUT2D eigenvalue weighted by atomic mass is 9.87. The molecular weight excluding hydrogens is 372 g/mol. The maximum atomic E-state index is 12.9. The molecule has 1 fully saturated rings. The van der Waals surface area contributed by atoms with Gasteiger partial charge in [-0.2, -0.15) is 4.31 Å². The van der Waals surface area contributed by atoms with Gasteiger partial charge < -0.3 is 0 Å². The van der Waals surface area contributed by atoms with Gasteiger partial charge in [-0.05, 0) is 23.1 Å². The van der Waals surface area contributed by atoms with Crippen LogP contribution in [0.4, 0.5) is 0 Å². The van der Waals surface area contributed by atoms with E-state index in [1.54, 1.807) is 16.8 Å². The third kappa shape index (κ3) is 3.47. The smallest absolute Gasteiger partial charge is 0.243 e. The molecule has 0 spiro atoms. The lowest BCUT2D eigenvalue weighted by Gasteiger charge is -2.37. The summed E-state index contributed by atoms with van der Waals surface area (Å²) < 4.78 is 29.0. The Morgan fingerprint density at radius 3 is 2.21 bits per heavy atom. The van der Waals surface area contributed by atoms with Crippen molar-refractivity contribution in [1.29, 1.82) is 0 Å². The Kier molecular flexibility index (Phi) is 4.59. The number of hydrogen-bond donors (Lipinski definition) is 0. The van der Waals surface area contributed by atoms with Crippen LogP contribution < -0.4 is 0 Å². The highest BCUT2D eigenvalue weighted by Gasteiger charge is 2.38. The SMILES string of the molecule is CC(C)(C)c1ccc(S(=O)(=O)N2CC(n3cc(-c4ccccc4)nn3)C2)cc1. The fraction of sp³-hybridized carbons (Fsp3) is 0.333. The van der Waals surface area contributed by atoms with Crippen molar-refractivity contribution in [2.75, 3.05) is 13.1 Å². The fourth-order valence-corrected chi connectivity index (χ4v) is 4.77. The summed E-state index contributed by atoms with van der Waals surface area (Å²) in [4.78, 5) is 0.336. The monoisotopic (exact) mass is 396 g/mol. The second-order valence-corrected chi connectivity index (χ2v) is 10.1. The average molecular weight is 397 g/mol. The zero-order valence-electron chi connectivity index (χ0n) is 16.3. The van der Waals surface area contributed by atoms with E-state index in [9.17, 15) is 8.42 Å². The molecule has 0 aliphatic carbocycles. The predicted molar refractivity (Wildman–Crippen MR) is 108 cm³/mol. The van der Waals surface area contributed by atoms with E-state index in [0.29, 0.717) is 18.0 Å². The molecule has 0 saturated carbocycles. The largest absolute Gasteiger partial charge is 0.246 e. The number of hydrogen-bond acceptors (Lipinski definition) is 4. The summed E-state index contributed by atoms with van der Waals surface area (Å²) in [5, 5.41) is 8.40. The molecule has 2 heterocycles. The Morgan fingerprint density at radius 1 is 0.964 bits per heavy atom. The minimum atomic E-state index is -3.48. The highest BCUT2D eigenvalue weighted by atomic mass is 32.2. The predicted octanol–water partition coefficient (Wildman–Crippen LogP) is 3.49. The highest BCUT2D eigenvalue weighted by molar-refractivity contribution is 7.89.